The van der Waals surface area contributed by atoms with E-state index in [1.165, 1.54) is 21.3 Å². The van der Waals surface area contributed by atoms with Crippen molar-refractivity contribution in [1.82, 2.24) is 10.2 Å². The first kappa shape index (κ1) is 17.2. The van der Waals surface area contributed by atoms with Gasteiger partial charge in [0, 0.05) is 43.6 Å². The maximum atomic E-state index is 12.6. The highest BCUT2D eigenvalue weighted by Gasteiger charge is 2.45. The molecule has 2 fully saturated rings. The first-order valence-corrected chi connectivity index (χ1v) is 8.13. The van der Waals surface area contributed by atoms with Crippen molar-refractivity contribution in [2.75, 3.05) is 46.3 Å². The van der Waals surface area contributed by atoms with Crippen molar-refractivity contribution in [3.8, 4) is 17.2 Å². The van der Waals surface area contributed by atoms with Crippen LogP contribution in [0.2, 0.25) is 0 Å². The first-order chi connectivity index (χ1) is 12.0. The van der Waals surface area contributed by atoms with Gasteiger partial charge in [0.1, 0.15) is 0 Å². The predicted molar refractivity (Wildman–Crippen MR) is 91.4 cm³/mol. The Labute approximate surface area is 146 Å². The summed E-state index contributed by atoms with van der Waals surface area (Å²) in [7, 11) is 4.58. The van der Waals surface area contributed by atoms with Gasteiger partial charge in [-0.05, 0) is 6.42 Å². The van der Waals surface area contributed by atoms with Gasteiger partial charge >= 0.3 is 6.03 Å². The molecule has 1 aromatic carbocycles. The lowest BCUT2D eigenvalue weighted by atomic mass is 9.86. The van der Waals surface area contributed by atoms with E-state index in [-0.39, 0.29) is 17.4 Å². The van der Waals surface area contributed by atoms with Gasteiger partial charge in [-0.3, -0.25) is 4.79 Å². The van der Waals surface area contributed by atoms with E-state index < -0.39 is 0 Å². The highest BCUT2D eigenvalue weighted by molar-refractivity contribution is 5.90. The van der Waals surface area contributed by atoms with Gasteiger partial charge in [-0.15, -0.1) is 0 Å². The van der Waals surface area contributed by atoms with E-state index in [0.717, 1.165) is 6.42 Å². The number of amides is 3. The van der Waals surface area contributed by atoms with Gasteiger partial charge in [0.05, 0.1) is 27.0 Å². The van der Waals surface area contributed by atoms with Crippen molar-refractivity contribution >= 4 is 17.6 Å². The van der Waals surface area contributed by atoms with E-state index in [4.69, 9.17) is 14.2 Å². The molecule has 2 heterocycles. The molecule has 8 heteroatoms. The number of methoxy groups -OCH3 is 3. The van der Waals surface area contributed by atoms with Gasteiger partial charge in [-0.2, -0.15) is 0 Å². The van der Waals surface area contributed by atoms with E-state index >= 15 is 0 Å². The Hall–Kier alpha value is -2.64. The first-order valence-electron chi connectivity index (χ1n) is 8.13. The monoisotopic (exact) mass is 349 g/mol. The van der Waals surface area contributed by atoms with Gasteiger partial charge < -0.3 is 29.7 Å². The fourth-order valence-electron chi connectivity index (χ4n) is 3.50. The van der Waals surface area contributed by atoms with E-state index in [1.807, 2.05) is 0 Å². The zero-order chi connectivity index (χ0) is 18.0. The minimum absolute atomic E-state index is 0.0619. The number of rotatable bonds is 4. The molecule has 1 spiro atoms. The average molecular weight is 349 g/mol. The molecule has 2 aliphatic rings. The number of likely N-dealkylation sites (tertiary alicyclic amines) is 1. The molecule has 0 aliphatic carbocycles. The van der Waals surface area contributed by atoms with Gasteiger partial charge in [-0.25, -0.2) is 4.79 Å². The summed E-state index contributed by atoms with van der Waals surface area (Å²) in [5.74, 6) is 1.48. The standard InChI is InChI=1S/C17H23N3O5/c1-23-12-6-11(7-13(24-2)15(12)25-3)19-16(22)20-5-4-17(10-20)8-14(21)18-9-17/h6-7H,4-5,8-10H2,1-3H3,(H,18,21)(H,19,22). The predicted octanol–water partition coefficient (Wildman–Crippen LogP) is 1.46. The summed E-state index contributed by atoms with van der Waals surface area (Å²) < 4.78 is 15.9. The SMILES string of the molecule is COc1cc(NC(=O)N2CCC3(CNC(=O)C3)C2)cc(OC)c1OC. The number of carbonyl (C=O) groups is 2. The molecule has 1 atom stereocenters. The molecule has 8 nitrogen and oxygen atoms in total. The highest BCUT2D eigenvalue weighted by atomic mass is 16.5. The third-order valence-electron chi connectivity index (χ3n) is 4.84. The number of carbonyl (C=O) groups excluding carboxylic acids is 2. The quantitative estimate of drug-likeness (QED) is 0.859. The van der Waals surface area contributed by atoms with Crippen molar-refractivity contribution < 1.29 is 23.8 Å². The summed E-state index contributed by atoms with van der Waals surface area (Å²) in [6, 6.07) is 3.17. The number of nitrogens with zero attached hydrogens (tertiary/aromatic N) is 1. The molecule has 0 saturated carbocycles. The third-order valence-corrected chi connectivity index (χ3v) is 4.84. The van der Waals surface area contributed by atoms with Crippen LogP contribution < -0.4 is 24.8 Å². The third kappa shape index (κ3) is 3.29. The lowest BCUT2D eigenvalue weighted by Crippen LogP contribution is -2.36. The Kier molecular flexibility index (Phi) is 4.61. The zero-order valence-corrected chi connectivity index (χ0v) is 14.7. The van der Waals surface area contributed by atoms with Crippen LogP contribution in [-0.4, -0.2) is 57.8 Å². The molecule has 3 amide bonds. The largest absolute Gasteiger partial charge is 0.493 e. The number of hydrogen-bond acceptors (Lipinski definition) is 5. The summed E-state index contributed by atoms with van der Waals surface area (Å²) in [5, 5.41) is 5.73. The number of hydrogen-bond donors (Lipinski definition) is 2. The van der Waals surface area contributed by atoms with Crippen LogP contribution in [0.25, 0.3) is 0 Å². The number of ether oxygens (including phenoxy) is 3. The van der Waals surface area contributed by atoms with Crippen molar-refractivity contribution in [2.24, 2.45) is 5.41 Å². The molecule has 3 rings (SSSR count). The van der Waals surface area contributed by atoms with Gasteiger partial charge in [0.2, 0.25) is 11.7 Å². The van der Waals surface area contributed by atoms with Crippen molar-refractivity contribution in [3.63, 3.8) is 0 Å². The smallest absolute Gasteiger partial charge is 0.321 e. The molecule has 2 aliphatic heterocycles. The Morgan fingerprint density at radius 1 is 1.20 bits per heavy atom. The number of anilines is 1. The molecule has 1 aromatic rings. The fraction of sp³-hybridized carbons (Fsp3) is 0.529. The van der Waals surface area contributed by atoms with E-state index in [1.54, 1.807) is 17.0 Å². The fourth-order valence-corrected chi connectivity index (χ4v) is 3.50. The van der Waals surface area contributed by atoms with Gasteiger partial charge in [0.15, 0.2) is 11.5 Å². The van der Waals surface area contributed by atoms with Gasteiger partial charge in [0.25, 0.3) is 0 Å². The van der Waals surface area contributed by atoms with Gasteiger partial charge in [-0.1, -0.05) is 0 Å². The molecule has 25 heavy (non-hydrogen) atoms. The second-order valence-corrected chi connectivity index (χ2v) is 6.47. The van der Waals surface area contributed by atoms with Crippen LogP contribution in [0.15, 0.2) is 12.1 Å². The van der Waals surface area contributed by atoms with Crippen LogP contribution >= 0.6 is 0 Å². The van der Waals surface area contributed by atoms with E-state index in [0.29, 0.717) is 49.0 Å². The van der Waals surface area contributed by atoms with E-state index in [9.17, 15) is 9.59 Å². The number of benzene rings is 1. The Bertz CT molecular complexity index is 668. The molecule has 1 unspecified atom stereocenters. The maximum absolute atomic E-state index is 12.6. The van der Waals surface area contributed by atoms with Crippen LogP contribution in [0.4, 0.5) is 10.5 Å². The van der Waals surface area contributed by atoms with Crippen LogP contribution in [0.5, 0.6) is 17.2 Å². The summed E-state index contributed by atoms with van der Waals surface area (Å²) in [5.41, 5.74) is 0.435. The molecule has 0 aromatic heterocycles. The number of nitrogens with one attached hydrogen (secondary N) is 2. The zero-order valence-electron chi connectivity index (χ0n) is 14.7. The minimum atomic E-state index is -0.203. The molecule has 2 saturated heterocycles. The second-order valence-electron chi connectivity index (χ2n) is 6.47. The van der Waals surface area contributed by atoms with Crippen LogP contribution in [0, 0.1) is 5.41 Å². The Morgan fingerprint density at radius 3 is 2.40 bits per heavy atom. The lowest BCUT2D eigenvalue weighted by Gasteiger charge is -2.22. The molecule has 0 bridgehead atoms. The lowest BCUT2D eigenvalue weighted by molar-refractivity contribution is -0.119. The molecule has 2 N–H and O–H groups in total. The van der Waals surface area contributed by atoms with Crippen LogP contribution in [-0.2, 0) is 4.79 Å². The summed E-state index contributed by atoms with van der Waals surface area (Å²) >= 11 is 0. The van der Waals surface area contributed by atoms with Crippen molar-refractivity contribution in [3.05, 3.63) is 12.1 Å². The second kappa shape index (κ2) is 6.70. The summed E-state index contributed by atoms with van der Waals surface area (Å²) in [6.07, 6.45) is 1.31. The number of urea groups is 1. The molecular weight excluding hydrogens is 326 g/mol. The Balaban J connectivity index is 1.72. The van der Waals surface area contributed by atoms with E-state index in [2.05, 4.69) is 10.6 Å². The highest BCUT2D eigenvalue weighted by Crippen LogP contribution is 2.40. The topological polar surface area (TPSA) is 89.1 Å². The molecular formula is C17H23N3O5. The minimum Gasteiger partial charge on any atom is -0.493 e. The summed E-state index contributed by atoms with van der Waals surface area (Å²) in [4.78, 5) is 25.8. The summed E-state index contributed by atoms with van der Waals surface area (Å²) in [6.45, 7) is 1.84. The van der Waals surface area contributed by atoms with Crippen molar-refractivity contribution in [2.45, 2.75) is 12.8 Å². The maximum Gasteiger partial charge on any atom is 0.321 e. The average Bonchev–Trinajstić information content (AvgIpc) is 3.20. The van der Waals surface area contributed by atoms with Crippen LogP contribution in [0.1, 0.15) is 12.8 Å². The Morgan fingerprint density at radius 2 is 1.88 bits per heavy atom. The van der Waals surface area contributed by atoms with Crippen LogP contribution in [0.3, 0.4) is 0 Å². The molecule has 0 radical (unpaired) electrons. The normalized spacial score (nSPS) is 22.0. The van der Waals surface area contributed by atoms with Crippen molar-refractivity contribution in [1.29, 1.82) is 0 Å². The molecule has 136 valence electrons.